The van der Waals surface area contributed by atoms with Crippen LogP contribution in [0.4, 0.5) is 34.1 Å². The van der Waals surface area contributed by atoms with Gasteiger partial charge in [0.1, 0.15) is 0 Å². The zero-order valence-electron chi connectivity index (χ0n) is 20.7. The summed E-state index contributed by atoms with van der Waals surface area (Å²) < 4.78 is 0. The van der Waals surface area contributed by atoms with Gasteiger partial charge in [-0.25, -0.2) is 0 Å². The molecule has 0 aliphatic heterocycles. The van der Waals surface area contributed by atoms with Crippen molar-refractivity contribution in [1.29, 1.82) is 0 Å². The van der Waals surface area contributed by atoms with Gasteiger partial charge in [0.25, 0.3) is 0 Å². The molecular weight excluding hydrogens is 436 g/mol. The van der Waals surface area contributed by atoms with Gasteiger partial charge in [-0.2, -0.15) is 0 Å². The van der Waals surface area contributed by atoms with Gasteiger partial charge in [-0.1, -0.05) is 24.3 Å². The molecule has 0 aliphatic carbocycles. The normalized spacial score (nSPS) is 10.2. The number of rotatable bonds is 2. The van der Waals surface area contributed by atoms with E-state index in [0.717, 1.165) is 78.6 Å². The monoisotopic (exact) mass is 472 g/mol. The molecule has 0 atom stereocenters. The van der Waals surface area contributed by atoms with Gasteiger partial charge in [-0.15, -0.1) is 0 Å². The average Bonchev–Trinajstić information content (AvgIpc) is 2.80. The maximum atomic E-state index is 6.09. The Bertz CT molecular complexity index is 1260. The van der Waals surface area contributed by atoms with Crippen LogP contribution < -0.4 is 34.4 Å². The van der Waals surface area contributed by atoms with Crippen LogP contribution in [-0.2, 0) is 0 Å². The van der Waals surface area contributed by atoms with Crippen molar-refractivity contribution >= 4 is 34.1 Å². The van der Waals surface area contributed by atoms with Crippen LogP contribution >= 0.6 is 0 Å². The SMILES string of the molecule is Cc1cc(-c2ccc(N)c(C)c2N)ccc1N.Cc1cc(-c2ccc(N)c(C)c2N)ccc1N.O. The summed E-state index contributed by atoms with van der Waals surface area (Å²) in [6.45, 7) is 7.83. The summed E-state index contributed by atoms with van der Waals surface area (Å²) in [4.78, 5) is 0. The molecule has 7 nitrogen and oxygen atoms in total. The largest absolute Gasteiger partial charge is 0.412 e. The molecule has 4 aromatic rings. The Morgan fingerprint density at radius 1 is 0.429 bits per heavy atom. The van der Waals surface area contributed by atoms with Crippen LogP contribution in [0.5, 0.6) is 0 Å². The number of nitrogens with two attached hydrogens (primary N) is 6. The number of aryl methyl sites for hydroxylation is 2. The molecule has 0 bridgehead atoms. The van der Waals surface area contributed by atoms with Gasteiger partial charge in [-0.05, 0) is 97.5 Å². The number of nitrogen functional groups attached to an aromatic ring is 6. The van der Waals surface area contributed by atoms with Crippen molar-refractivity contribution in [3.8, 4) is 22.3 Å². The molecule has 0 saturated carbocycles. The van der Waals surface area contributed by atoms with Gasteiger partial charge >= 0.3 is 0 Å². The van der Waals surface area contributed by atoms with Gasteiger partial charge < -0.3 is 39.9 Å². The number of anilines is 6. The van der Waals surface area contributed by atoms with Crippen LogP contribution in [0, 0.1) is 27.7 Å². The van der Waals surface area contributed by atoms with E-state index in [9.17, 15) is 0 Å². The first kappa shape index (κ1) is 26.9. The fourth-order valence-electron chi connectivity index (χ4n) is 3.68. The summed E-state index contributed by atoms with van der Waals surface area (Å²) in [5.41, 5.74) is 48.0. The van der Waals surface area contributed by atoms with Crippen molar-refractivity contribution in [2.45, 2.75) is 27.7 Å². The van der Waals surface area contributed by atoms with Crippen LogP contribution in [0.3, 0.4) is 0 Å². The van der Waals surface area contributed by atoms with E-state index in [0.29, 0.717) is 0 Å². The molecule has 4 aromatic carbocycles. The molecule has 0 saturated heterocycles. The third-order valence-corrected chi connectivity index (χ3v) is 6.28. The summed E-state index contributed by atoms with van der Waals surface area (Å²) in [7, 11) is 0. The fraction of sp³-hybridized carbons (Fsp3) is 0.143. The third kappa shape index (κ3) is 5.59. The minimum absolute atomic E-state index is 0. The first-order valence-corrected chi connectivity index (χ1v) is 11.0. The Morgan fingerprint density at radius 2 is 0.743 bits per heavy atom. The molecule has 14 N–H and O–H groups in total. The molecule has 4 rings (SSSR count). The van der Waals surface area contributed by atoms with E-state index in [1.165, 1.54) is 0 Å². The Morgan fingerprint density at radius 3 is 1.06 bits per heavy atom. The lowest BCUT2D eigenvalue weighted by atomic mass is 9.98. The molecule has 7 heteroatoms. The predicted octanol–water partition coefficient (Wildman–Crippen LogP) is 4.61. The van der Waals surface area contributed by atoms with E-state index in [4.69, 9.17) is 34.4 Å². The second-order valence-electron chi connectivity index (χ2n) is 8.62. The molecule has 0 fully saturated rings. The molecule has 0 aliphatic rings. The highest BCUT2D eigenvalue weighted by molar-refractivity contribution is 5.84. The topological polar surface area (TPSA) is 188 Å². The van der Waals surface area contributed by atoms with Crippen molar-refractivity contribution in [3.63, 3.8) is 0 Å². The average molecular weight is 473 g/mol. The Balaban J connectivity index is 0.000000240. The van der Waals surface area contributed by atoms with E-state index in [-0.39, 0.29) is 5.48 Å². The molecule has 0 amide bonds. The highest BCUT2D eigenvalue weighted by Crippen LogP contribution is 2.34. The highest BCUT2D eigenvalue weighted by atomic mass is 16.0. The quantitative estimate of drug-likeness (QED) is 0.231. The fourth-order valence-corrected chi connectivity index (χ4v) is 3.68. The summed E-state index contributed by atoms with van der Waals surface area (Å²) in [5, 5.41) is 0. The summed E-state index contributed by atoms with van der Waals surface area (Å²) in [5.74, 6) is 0. The molecule has 0 heterocycles. The van der Waals surface area contributed by atoms with Crippen LogP contribution in [0.25, 0.3) is 22.3 Å². The van der Waals surface area contributed by atoms with Crippen LogP contribution in [-0.4, -0.2) is 5.48 Å². The second-order valence-corrected chi connectivity index (χ2v) is 8.62. The predicted molar refractivity (Wildman–Crippen MR) is 153 cm³/mol. The van der Waals surface area contributed by atoms with Crippen molar-refractivity contribution in [1.82, 2.24) is 0 Å². The van der Waals surface area contributed by atoms with Gasteiger partial charge in [0.15, 0.2) is 0 Å². The molecule has 0 radical (unpaired) electrons. The van der Waals surface area contributed by atoms with E-state index >= 15 is 0 Å². The first-order chi connectivity index (χ1) is 16.0. The van der Waals surface area contributed by atoms with Crippen molar-refractivity contribution in [2.24, 2.45) is 0 Å². The minimum Gasteiger partial charge on any atom is -0.412 e. The molecule has 0 spiro atoms. The number of hydrogen-bond donors (Lipinski definition) is 6. The molecular formula is C28H36N6O. The van der Waals surface area contributed by atoms with Crippen molar-refractivity contribution in [2.75, 3.05) is 34.4 Å². The third-order valence-electron chi connectivity index (χ3n) is 6.28. The molecule has 35 heavy (non-hydrogen) atoms. The Hall–Kier alpha value is -4.36. The maximum absolute atomic E-state index is 6.09. The zero-order valence-corrected chi connectivity index (χ0v) is 20.7. The van der Waals surface area contributed by atoms with Crippen LogP contribution in [0.1, 0.15) is 22.3 Å². The Kier molecular flexibility index (Phi) is 8.23. The lowest BCUT2D eigenvalue weighted by Gasteiger charge is -2.12. The number of benzene rings is 4. The lowest BCUT2D eigenvalue weighted by Crippen LogP contribution is -1.99. The summed E-state index contributed by atoms with van der Waals surface area (Å²) in [6, 6.07) is 19.5. The zero-order chi connectivity index (χ0) is 25.2. The van der Waals surface area contributed by atoms with E-state index in [1.807, 2.05) is 88.4 Å². The minimum atomic E-state index is 0. The maximum Gasteiger partial charge on any atom is 0.0444 e. The second kappa shape index (κ2) is 10.7. The Labute approximate surface area is 207 Å². The van der Waals surface area contributed by atoms with E-state index in [1.54, 1.807) is 0 Å². The highest BCUT2D eigenvalue weighted by Gasteiger charge is 2.09. The standard InChI is InChI=1S/2C14H17N3.H2O/c2*1-8-7-10(3-5-12(8)15)11-4-6-13(16)9(2)14(11)17;/h2*3-7H,15-17H2,1-2H3;1H2. The summed E-state index contributed by atoms with van der Waals surface area (Å²) >= 11 is 0. The van der Waals surface area contributed by atoms with Gasteiger partial charge in [0, 0.05) is 45.3 Å². The van der Waals surface area contributed by atoms with E-state index in [2.05, 4.69) is 0 Å². The van der Waals surface area contributed by atoms with Crippen LogP contribution in [0.2, 0.25) is 0 Å². The molecule has 0 aromatic heterocycles. The van der Waals surface area contributed by atoms with Crippen molar-refractivity contribution in [3.05, 3.63) is 82.9 Å². The van der Waals surface area contributed by atoms with Crippen LogP contribution in [0.15, 0.2) is 60.7 Å². The van der Waals surface area contributed by atoms with Gasteiger partial charge in [-0.3, -0.25) is 0 Å². The summed E-state index contributed by atoms with van der Waals surface area (Å²) in [6.07, 6.45) is 0. The smallest absolute Gasteiger partial charge is 0.0444 e. The molecule has 0 unspecified atom stereocenters. The van der Waals surface area contributed by atoms with Crippen molar-refractivity contribution < 1.29 is 5.48 Å². The van der Waals surface area contributed by atoms with Gasteiger partial charge in [0.05, 0.1) is 0 Å². The van der Waals surface area contributed by atoms with E-state index < -0.39 is 0 Å². The first-order valence-electron chi connectivity index (χ1n) is 11.0. The lowest BCUT2D eigenvalue weighted by molar-refractivity contribution is 0.824. The number of hydrogen-bond acceptors (Lipinski definition) is 6. The molecule has 184 valence electrons. The van der Waals surface area contributed by atoms with Gasteiger partial charge in [0.2, 0.25) is 0 Å².